The summed E-state index contributed by atoms with van der Waals surface area (Å²) in [6.07, 6.45) is 4.03. The smallest absolute Gasteiger partial charge is 0.407 e. The van der Waals surface area contributed by atoms with Gasteiger partial charge in [0.1, 0.15) is 13.2 Å². The number of hydrogen-bond acceptors (Lipinski definition) is 4. The van der Waals surface area contributed by atoms with E-state index in [1.54, 1.807) is 0 Å². The number of alkyl carbamates (subject to hydrolysis) is 1. The second kappa shape index (κ2) is 9.49. The van der Waals surface area contributed by atoms with Crippen molar-refractivity contribution in [2.75, 3.05) is 13.2 Å². The van der Waals surface area contributed by atoms with Crippen molar-refractivity contribution >= 4 is 18.0 Å². The second-order valence-corrected chi connectivity index (χ2v) is 9.70. The van der Waals surface area contributed by atoms with Crippen molar-refractivity contribution in [3.63, 3.8) is 0 Å². The molecule has 2 saturated carbocycles. The van der Waals surface area contributed by atoms with E-state index in [0.29, 0.717) is 12.8 Å². The average Bonchev–Trinajstić information content (AvgIpc) is 3.50. The van der Waals surface area contributed by atoms with Crippen LogP contribution in [0.1, 0.15) is 55.6 Å². The molecule has 0 aliphatic heterocycles. The highest BCUT2D eigenvalue weighted by Crippen LogP contribution is 2.44. The van der Waals surface area contributed by atoms with Crippen LogP contribution in [0.4, 0.5) is 4.79 Å². The third-order valence-corrected chi connectivity index (χ3v) is 7.28. The average molecular weight is 463 g/mol. The van der Waals surface area contributed by atoms with Gasteiger partial charge in [-0.3, -0.25) is 9.59 Å². The van der Waals surface area contributed by atoms with Crippen molar-refractivity contribution in [2.24, 2.45) is 5.92 Å². The van der Waals surface area contributed by atoms with Gasteiger partial charge in [-0.15, -0.1) is 0 Å². The van der Waals surface area contributed by atoms with Crippen molar-refractivity contribution < 1.29 is 24.2 Å². The van der Waals surface area contributed by atoms with Crippen LogP contribution in [-0.2, 0) is 14.3 Å². The number of carboxylic acid groups (broad SMARTS) is 1. The Bertz CT molecular complexity index is 1050. The number of benzene rings is 2. The van der Waals surface area contributed by atoms with E-state index in [-0.39, 0.29) is 43.0 Å². The number of nitrogens with one attached hydrogen (secondary N) is 1. The summed E-state index contributed by atoms with van der Waals surface area (Å²) in [5.41, 5.74) is 4.74. The topological polar surface area (TPSA) is 95.9 Å². The van der Waals surface area contributed by atoms with E-state index < -0.39 is 12.1 Å². The number of carbonyl (C=O) groups is 3. The van der Waals surface area contributed by atoms with Crippen LogP contribution in [0.25, 0.3) is 11.1 Å². The fraction of sp³-hybridized carbons (Fsp3) is 0.444. The second-order valence-electron chi connectivity index (χ2n) is 9.70. The highest BCUT2D eigenvalue weighted by atomic mass is 16.5. The number of nitrogens with zero attached hydrogens (tertiary/aromatic N) is 1. The Morgan fingerprint density at radius 3 is 2.21 bits per heavy atom. The van der Waals surface area contributed by atoms with Crippen LogP contribution < -0.4 is 5.32 Å². The molecule has 178 valence electrons. The van der Waals surface area contributed by atoms with Crippen molar-refractivity contribution in [2.45, 2.75) is 56.5 Å². The van der Waals surface area contributed by atoms with Crippen molar-refractivity contribution in [3.05, 3.63) is 59.7 Å². The van der Waals surface area contributed by atoms with Crippen LogP contribution in [0.3, 0.4) is 0 Å². The summed E-state index contributed by atoms with van der Waals surface area (Å²) in [5, 5.41) is 12.1. The summed E-state index contributed by atoms with van der Waals surface area (Å²) in [7, 11) is 0. The molecule has 7 heteroatoms. The molecule has 2 amide bonds. The molecule has 7 nitrogen and oxygen atoms in total. The van der Waals surface area contributed by atoms with Gasteiger partial charge in [0, 0.05) is 24.4 Å². The fourth-order valence-corrected chi connectivity index (χ4v) is 5.52. The lowest BCUT2D eigenvalue weighted by atomic mass is 9.98. The lowest BCUT2D eigenvalue weighted by molar-refractivity contribution is -0.145. The first-order valence-corrected chi connectivity index (χ1v) is 12.1. The third kappa shape index (κ3) is 4.79. The summed E-state index contributed by atoms with van der Waals surface area (Å²) in [6.45, 7) is 0.0533. The highest BCUT2D eigenvalue weighted by Gasteiger charge is 2.36. The number of rotatable bonds is 8. The number of hydrogen-bond donors (Lipinski definition) is 2. The molecule has 0 bridgehead atoms. The fourth-order valence-electron chi connectivity index (χ4n) is 5.52. The molecule has 3 aliphatic carbocycles. The van der Waals surface area contributed by atoms with E-state index in [0.717, 1.165) is 25.7 Å². The van der Waals surface area contributed by atoms with Gasteiger partial charge in [0.15, 0.2) is 0 Å². The summed E-state index contributed by atoms with van der Waals surface area (Å²) >= 11 is 0. The highest BCUT2D eigenvalue weighted by molar-refractivity contribution is 5.82. The van der Waals surface area contributed by atoms with Crippen molar-refractivity contribution in [1.82, 2.24) is 10.2 Å². The largest absolute Gasteiger partial charge is 0.480 e. The minimum atomic E-state index is -0.971. The number of ether oxygens (including phenoxy) is 1. The van der Waals surface area contributed by atoms with Crippen LogP contribution in [0.2, 0.25) is 0 Å². The molecule has 2 N–H and O–H groups in total. The molecule has 2 fully saturated rings. The predicted molar refractivity (Wildman–Crippen MR) is 126 cm³/mol. The maximum atomic E-state index is 12.6. The minimum Gasteiger partial charge on any atom is -0.480 e. The monoisotopic (exact) mass is 462 g/mol. The van der Waals surface area contributed by atoms with E-state index in [1.165, 1.54) is 27.2 Å². The quantitative estimate of drug-likeness (QED) is 0.614. The van der Waals surface area contributed by atoms with Gasteiger partial charge in [0.25, 0.3) is 0 Å². The molecule has 2 atom stereocenters. The van der Waals surface area contributed by atoms with Crippen LogP contribution in [-0.4, -0.2) is 53.2 Å². The summed E-state index contributed by atoms with van der Waals surface area (Å²) in [6, 6.07) is 16.5. The van der Waals surface area contributed by atoms with Gasteiger partial charge in [0.2, 0.25) is 5.91 Å². The maximum Gasteiger partial charge on any atom is 0.407 e. The molecule has 2 aromatic carbocycles. The molecule has 0 radical (unpaired) electrons. The van der Waals surface area contributed by atoms with Gasteiger partial charge in [-0.1, -0.05) is 48.5 Å². The maximum absolute atomic E-state index is 12.6. The summed E-state index contributed by atoms with van der Waals surface area (Å²) in [4.78, 5) is 37.8. The van der Waals surface area contributed by atoms with Gasteiger partial charge in [0.05, 0.1) is 0 Å². The number of fused-ring (bicyclic) bond motifs is 3. The molecule has 2 aromatic rings. The first-order valence-electron chi connectivity index (χ1n) is 12.1. The number of carboxylic acids is 1. The molecular formula is C27H30N2O5. The first-order chi connectivity index (χ1) is 16.5. The summed E-state index contributed by atoms with van der Waals surface area (Å²) < 4.78 is 5.65. The molecule has 0 aromatic heterocycles. The lowest BCUT2D eigenvalue weighted by Crippen LogP contribution is -2.38. The SMILES string of the molecule is O=C(O)CN(C(=O)CC1CCC(NC(=O)OCC2c3ccccc3-c3ccccc32)C1)C1CC1. The van der Waals surface area contributed by atoms with E-state index >= 15 is 0 Å². The normalized spacial score (nSPS) is 20.9. The number of carbonyl (C=O) groups excluding carboxylic acids is 2. The Hall–Kier alpha value is -3.35. The minimum absolute atomic E-state index is 0.0229. The first kappa shape index (κ1) is 22.4. The molecule has 0 saturated heterocycles. The lowest BCUT2D eigenvalue weighted by Gasteiger charge is -2.22. The van der Waals surface area contributed by atoms with Gasteiger partial charge < -0.3 is 20.1 Å². The Balaban J connectivity index is 1.12. The molecule has 0 spiro atoms. The number of aliphatic carboxylic acids is 1. The zero-order valence-corrected chi connectivity index (χ0v) is 19.1. The van der Waals surface area contributed by atoms with E-state index in [9.17, 15) is 14.4 Å². The van der Waals surface area contributed by atoms with E-state index in [4.69, 9.17) is 9.84 Å². The van der Waals surface area contributed by atoms with Crippen LogP contribution >= 0.6 is 0 Å². The molecular weight excluding hydrogens is 432 g/mol. The Kier molecular flexibility index (Phi) is 6.26. The van der Waals surface area contributed by atoms with E-state index in [2.05, 4.69) is 29.6 Å². The Labute approximate surface area is 199 Å². The van der Waals surface area contributed by atoms with Gasteiger partial charge in [-0.05, 0) is 60.3 Å². The van der Waals surface area contributed by atoms with Crippen LogP contribution in [0.15, 0.2) is 48.5 Å². The Morgan fingerprint density at radius 1 is 0.941 bits per heavy atom. The molecule has 2 unspecified atom stereocenters. The van der Waals surface area contributed by atoms with Gasteiger partial charge >= 0.3 is 12.1 Å². The van der Waals surface area contributed by atoms with Gasteiger partial charge in [-0.2, -0.15) is 0 Å². The van der Waals surface area contributed by atoms with Crippen LogP contribution in [0.5, 0.6) is 0 Å². The molecule has 3 aliphatic rings. The molecule has 34 heavy (non-hydrogen) atoms. The standard InChI is InChI=1S/C27H30N2O5/c30-25(29(15-26(31)32)19-11-12-19)14-17-9-10-18(13-17)28-27(33)34-16-24-22-7-3-1-5-20(22)21-6-2-4-8-23(21)24/h1-8,17-19,24H,9-16H2,(H,28,33)(H,31,32). The van der Waals surface area contributed by atoms with E-state index in [1.807, 2.05) is 24.3 Å². The zero-order chi connectivity index (χ0) is 23.7. The van der Waals surface area contributed by atoms with Gasteiger partial charge in [-0.25, -0.2) is 4.79 Å². The van der Waals surface area contributed by atoms with Crippen molar-refractivity contribution in [1.29, 1.82) is 0 Å². The molecule has 0 heterocycles. The number of amides is 2. The predicted octanol–water partition coefficient (Wildman–Crippen LogP) is 4.16. The van der Waals surface area contributed by atoms with Crippen LogP contribution in [0, 0.1) is 5.92 Å². The zero-order valence-electron chi connectivity index (χ0n) is 19.1. The van der Waals surface area contributed by atoms with Crippen molar-refractivity contribution in [3.8, 4) is 11.1 Å². The summed E-state index contributed by atoms with van der Waals surface area (Å²) in [5.74, 6) is -0.880. The Morgan fingerprint density at radius 2 is 1.59 bits per heavy atom. The third-order valence-electron chi connectivity index (χ3n) is 7.28. The molecule has 5 rings (SSSR count).